The molecule has 0 amide bonds. The molecule has 1 N–H and O–H groups in total. The predicted molar refractivity (Wildman–Crippen MR) is 162 cm³/mol. The van der Waals surface area contributed by atoms with Crippen LogP contribution in [-0.2, 0) is 26.5 Å². The first-order valence-corrected chi connectivity index (χ1v) is 15.3. The number of anilines is 1. The van der Waals surface area contributed by atoms with E-state index in [1.165, 1.54) is 8.28 Å². The average Bonchev–Trinajstić information content (AvgIpc) is 3.60. The monoisotopic (exact) mass is 594 g/mol. The molecule has 3 aromatic heterocycles. The van der Waals surface area contributed by atoms with Gasteiger partial charge in [-0.3, -0.25) is 0 Å². The molecule has 0 radical (unpaired) electrons. The predicted octanol–water partition coefficient (Wildman–Crippen LogP) is 4.97. The van der Waals surface area contributed by atoms with Crippen molar-refractivity contribution in [2.24, 2.45) is 0 Å². The number of pyridine rings is 2. The molecule has 0 saturated carbocycles. The van der Waals surface area contributed by atoms with E-state index in [2.05, 4.69) is 9.97 Å². The number of fused-ring (bicyclic) bond motifs is 2. The number of hydrogen-bond acceptors (Lipinski definition) is 7. The minimum absolute atomic E-state index is 0. The first kappa shape index (κ1) is 31.5. The molecule has 1 aliphatic heterocycles. The van der Waals surface area contributed by atoms with Crippen LogP contribution in [0.1, 0.15) is 24.4 Å². The first-order valence-electron chi connectivity index (χ1n) is 12.4. The van der Waals surface area contributed by atoms with Gasteiger partial charge in [-0.15, -0.1) is 0 Å². The third kappa shape index (κ3) is 6.48. The molecule has 0 fully saturated rings. The number of aryl methyl sites for hydroxylation is 2. The Hall–Kier alpha value is -4.06. The maximum Gasteiger partial charge on any atom is 0.269 e. The number of aliphatic hydroxyl groups excluding tert-OH is 1. The first-order chi connectivity index (χ1) is 19.2. The molecular weight excluding hydrogens is 560 g/mol. The Bertz CT molecular complexity index is 1820. The van der Waals surface area contributed by atoms with Crippen LogP contribution in [-0.4, -0.2) is 49.5 Å². The number of rotatable bonds is 4. The van der Waals surface area contributed by atoms with Crippen molar-refractivity contribution in [2.75, 3.05) is 18.0 Å². The Kier molecular flexibility index (Phi) is 10.0. The zero-order valence-corrected chi connectivity index (χ0v) is 24.0. The number of hydrogen-bond donors (Lipinski definition) is 1. The van der Waals surface area contributed by atoms with Crippen molar-refractivity contribution in [1.82, 2.24) is 13.9 Å². The van der Waals surface area contributed by atoms with E-state index >= 15 is 0 Å². The highest BCUT2D eigenvalue weighted by Gasteiger charge is 2.31. The van der Waals surface area contributed by atoms with Gasteiger partial charge in [-0.25, -0.2) is 35.1 Å². The van der Waals surface area contributed by atoms with Gasteiger partial charge in [0.2, 0.25) is 0 Å². The fourth-order valence-electron chi connectivity index (χ4n) is 4.24. The van der Waals surface area contributed by atoms with Crippen LogP contribution in [0.3, 0.4) is 0 Å². The number of aliphatic hydroxyl groups is 1. The molecule has 0 saturated heterocycles. The quantitative estimate of drug-likeness (QED) is 0.312. The Balaban J connectivity index is 0.000000208. The van der Waals surface area contributed by atoms with E-state index in [1.54, 1.807) is 72.9 Å². The lowest BCUT2D eigenvalue weighted by Gasteiger charge is -2.18. The largest absolute Gasteiger partial charge is 0.400 e. The molecule has 0 aliphatic carbocycles. The maximum atomic E-state index is 12.6. The van der Waals surface area contributed by atoms with Crippen molar-refractivity contribution in [3.05, 3.63) is 114 Å². The Morgan fingerprint density at radius 2 is 1.22 bits per heavy atom. The van der Waals surface area contributed by atoms with Gasteiger partial charge in [0.25, 0.3) is 20.0 Å². The highest BCUT2D eigenvalue weighted by Crippen LogP contribution is 2.31. The van der Waals surface area contributed by atoms with E-state index in [0.29, 0.717) is 29.3 Å². The topological polar surface area (TPSA) is 122 Å². The lowest BCUT2D eigenvalue weighted by molar-refractivity contribution is 0.399. The van der Waals surface area contributed by atoms with Gasteiger partial charge in [-0.05, 0) is 74.4 Å². The van der Waals surface area contributed by atoms with Crippen LogP contribution in [0.15, 0.2) is 107 Å². The molecule has 11 heteroatoms. The van der Waals surface area contributed by atoms with E-state index in [9.17, 15) is 16.8 Å². The van der Waals surface area contributed by atoms with Gasteiger partial charge in [0.15, 0.2) is 5.65 Å². The molecule has 0 spiro atoms. The summed E-state index contributed by atoms with van der Waals surface area (Å²) in [5.74, 6) is 0.573. The number of sulfonamides is 1. The highest BCUT2D eigenvalue weighted by atomic mass is 32.2. The molecule has 0 atom stereocenters. The fourth-order valence-corrected chi connectivity index (χ4v) is 7.04. The summed E-state index contributed by atoms with van der Waals surface area (Å²) in [6.07, 6.45) is 2.26. The van der Waals surface area contributed by atoms with E-state index in [0.717, 1.165) is 29.4 Å². The summed E-state index contributed by atoms with van der Waals surface area (Å²) in [5, 5.41) is 7.81. The van der Waals surface area contributed by atoms with Gasteiger partial charge in [0, 0.05) is 36.6 Å². The maximum absolute atomic E-state index is 12.6. The standard InChI is InChI=1S/C14H14N2O2S.C14H12N2O2S.CH4O.CH4/c2*1-11-7-8-12-9-10-16(14(12)15-11)19(17,18)13-5-3-2-4-6-13;1-2;/h2-8H,9-10H2,1H3;2-10H,1H3;2H,1H3;1H4. The van der Waals surface area contributed by atoms with Crippen LogP contribution >= 0.6 is 0 Å². The Labute approximate surface area is 241 Å². The van der Waals surface area contributed by atoms with Gasteiger partial charge >= 0.3 is 0 Å². The smallest absolute Gasteiger partial charge is 0.269 e. The van der Waals surface area contributed by atoms with Crippen molar-refractivity contribution in [2.45, 2.75) is 37.5 Å². The lowest BCUT2D eigenvalue weighted by Crippen LogP contribution is -2.29. The van der Waals surface area contributed by atoms with Crippen LogP contribution in [0, 0.1) is 13.8 Å². The van der Waals surface area contributed by atoms with Crippen LogP contribution in [0.4, 0.5) is 5.82 Å². The van der Waals surface area contributed by atoms with Crippen molar-refractivity contribution in [3.63, 3.8) is 0 Å². The minimum atomic E-state index is -3.58. The number of nitrogens with zero attached hydrogens (tertiary/aromatic N) is 4. The summed E-state index contributed by atoms with van der Waals surface area (Å²) < 4.78 is 52.9. The van der Waals surface area contributed by atoms with Crippen LogP contribution < -0.4 is 4.31 Å². The van der Waals surface area contributed by atoms with Gasteiger partial charge in [-0.2, -0.15) is 0 Å². The summed E-state index contributed by atoms with van der Waals surface area (Å²) >= 11 is 0. The Morgan fingerprint density at radius 3 is 1.83 bits per heavy atom. The van der Waals surface area contributed by atoms with E-state index < -0.39 is 20.0 Å². The fraction of sp³-hybridized carbons (Fsp3) is 0.200. The molecule has 216 valence electrons. The summed E-state index contributed by atoms with van der Waals surface area (Å²) in [6, 6.07) is 26.2. The van der Waals surface area contributed by atoms with Crippen molar-refractivity contribution in [1.29, 1.82) is 0 Å². The van der Waals surface area contributed by atoms with E-state index in [1.807, 2.05) is 38.1 Å². The molecule has 5 aromatic rings. The zero-order chi connectivity index (χ0) is 28.9. The third-order valence-electron chi connectivity index (χ3n) is 6.19. The minimum Gasteiger partial charge on any atom is -0.400 e. The van der Waals surface area contributed by atoms with Gasteiger partial charge in [0.1, 0.15) is 5.82 Å². The number of benzene rings is 2. The second kappa shape index (κ2) is 13.1. The van der Waals surface area contributed by atoms with Crippen LogP contribution in [0.25, 0.3) is 11.0 Å². The van der Waals surface area contributed by atoms with Crippen LogP contribution in [0.2, 0.25) is 0 Å². The second-order valence-corrected chi connectivity index (χ2v) is 12.5. The average molecular weight is 595 g/mol. The van der Waals surface area contributed by atoms with Gasteiger partial charge in [0.05, 0.1) is 9.79 Å². The van der Waals surface area contributed by atoms with Gasteiger partial charge < -0.3 is 5.11 Å². The molecule has 0 unspecified atom stereocenters. The van der Waals surface area contributed by atoms with E-state index in [-0.39, 0.29) is 12.3 Å². The molecule has 6 rings (SSSR count). The summed E-state index contributed by atoms with van der Waals surface area (Å²) in [6.45, 7) is 4.17. The Morgan fingerprint density at radius 1 is 0.683 bits per heavy atom. The van der Waals surface area contributed by atoms with E-state index in [4.69, 9.17) is 5.11 Å². The lowest BCUT2D eigenvalue weighted by atomic mass is 10.2. The number of aromatic nitrogens is 3. The summed E-state index contributed by atoms with van der Waals surface area (Å²) in [4.78, 5) is 9.26. The summed E-state index contributed by atoms with van der Waals surface area (Å²) in [5.41, 5.74) is 3.07. The molecule has 0 bridgehead atoms. The van der Waals surface area contributed by atoms with Crippen molar-refractivity contribution < 1.29 is 21.9 Å². The third-order valence-corrected chi connectivity index (χ3v) is 9.67. The molecular formula is C30H34N4O5S2. The SMILES string of the molecule is C.CO.Cc1ccc2c(n1)N(S(=O)(=O)c1ccccc1)CC2.Cc1ccc2ccn(S(=O)(=O)c3ccccc3)c2n1. The summed E-state index contributed by atoms with van der Waals surface area (Å²) in [7, 11) is -6.08. The van der Waals surface area contributed by atoms with Gasteiger partial charge in [-0.1, -0.05) is 49.9 Å². The highest BCUT2D eigenvalue weighted by molar-refractivity contribution is 7.92. The van der Waals surface area contributed by atoms with Crippen LogP contribution in [0.5, 0.6) is 0 Å². The normalized spacial score (nSPS) is 12.3. The molecule has 4 heterocycles. The molecule has 9 nitrogen and oxygen atoms in total. The van der Waals surface area contributed by atoms with Crippen molar-refractivity contribution >= 4 is 36.9 Å². The zero-order valence-electron chi connectivity index (χ0n) is 22.3. The second-order valence-electron chi connectivity index (χ2n) is 8.87. The molecule has 41 heavy (non-hydrogen) atoms. The van der Waals surface area contributed by atoms with Crippen molar-refractivity contribution in [3.8, 4) is 0 Å². The molecule has 1 aliphatic rings. The molecule has 2 aromatic carbocycles.